The highest BCUT2D eigenvalue weighted by molar-refractivity contribution is 7.21. The van der Waals surface area contributed by atoms with E-state index in [1.54, 1.807) is 11.3 Å². The minimum Gasteiger partial charge on any atom is -0.275 e. The van der Waals surface area contributed by atoms with Gasteiger partial charge in [-0.15, -0.1) is 21.5 Å². The summed E-state index contributed by atoms with van der Waals surface area (Å²) < 4.78 is 3.30. The van der Waals surface area contributed by atoms with Crippen LogP contribution in [-0.4, -0.2) is 29.7 Å². The molecular formula is C45H28N6S. The third-order valence-corrected chi connectivity index (χ3v) is 10.5. The summed E-state index contributed by atoms with van der Waals surface area (Å²) in [5.41, 5.74) is 11.1. The van der Waals surface area contributed by atoms with Gasteiger partial charge in [0.15, 0.2) is 11.6 Å². The number of thiazole rings is 1. The Bertz CT molecular complexity index is 2880. The van der Waals surface area contributed by atoms with Gasteiger partial charge in [-0.3, -0.25) is 14.5 Å². The second kappa shape index (κ2) is 12.5. The van der Waals surface area contributed by atoms with Crippen LogP contribution in [0.1, 0.15) is 0 Å². The Hall–Kier alpha value is -6.83. The van der Waals surface area contributed by atoms with Crippen molar-refractivity contribution in [2.45, 2.75) is 0 Å². The van der Waals surface area contributed by atoms with Crippen molar-refractivity contribution in [2.24, 2.45) is 0 Å². The molecule has 0 saturated carbocycles. The highest BCUT2D eigenvalue weighted by Crippen LogP contribution is 2.40. The molecule has 10 rings (SSSR count). The fraction of sp³-hybridized carbons (Fsp3) is 0. The van der Waals surface area contributed by atoms with E-state index in [0.717, 1.165) is 93.3 Å². The molecule has 0 aliphatic carbocycles. The third kappa shape index (κ3) is 5.23. The zero-order valence-corrected chi connectivity index (χ0v) is 28.6. The van der Waals surface area contributed by atoms with Crippen LogP contribution in [0.4, 0.5) is 0 Å². The van der Waals surface area contributed by atoms with Crippen molar-refractivity contribution >= 4 is 43.4 Å². The molecule has 0 saturated heterocycles. The van der Waals surface area contributed by atoms with E-state index in [2.05, 4.69) is 108 Å². The average molecular weight is 685 g/mol. The van der Waals surface area contributed by atoms with Gasteiger partial charge in [0, 0.05) is 45.5 Å². The number of fused-ring (bicyclic) bond motifs is 4. The minimum absolute atomic E-state index is 0.772. The molecule has 6 aromatic carbocycles. The first-order valence-corrected chi connectivity index (χ1v) is 17.9. The molecule has 52 heavy (non-hydrogen) atoms. The Morgan fingerprint density at radius 2 is 1.12 bits per heavy atom. The summed E-state index contributed by atoms with van der Waals surface area (Å²) in [6.07, 6.45) is 3.67. The molecule has 4 aromatic heterocycles. The molecule has 0 aliphatic heterocycles. The van der Waals surface area contributed by atoms with Gasteiger partial charge in [-0.1, -0.05) is 91.0 Å². The number of nitrogens with zero attached hydrogens (tertiary/aromatic N) is 6. The van der Waals surface area contributed by atoms with Crippen molar-refractivity contribution in [3.8, 4) is 61.3 Å². The fourth-order valence-electron chi connectivity index (χ4n) is 6.99. The maximum atomic E-state index is 5.08. The quantitative estimate of drug-likeness (QED) is 0.163. The second-order valence-corrected chi connectivity index (χ2v) is 13.7. The Morgan fingerprint density at radius 1 is 0.462 bits per heavy atom. The largest absolute Gasteiger partial charge is 0.275 e. The highest BCUT2D eigenvalue weighted by Gasteiger charge is 2.19. The summed E-state index contributed by atoms with van der Waals surface area (Å²) in [6, 6.07) is 54.6. The van der Waals surface area contributed by atoms with E-state index < -0.39 is 0 Å². The lowest BCUT2D eigenvalue weighted by Gasteiger charge is -2.14. The number of pyridine rings is 2. The Labute approximate surface area is 303 Å². The van der Waals surface area contributed by atoms with Crippen LogP contribution in [0.3, 0.4) is 0 Å². The maximum absolute atomic E-state index is 5.08. The number of benzene rings is 6. The lowest BCUT2D eigenvalue weighted by atomic mass is 9.92. The van der Waals surface area contributed by atoms with Crippen LogP contribution in [0.2, 0.25) is 0 Å². The van der Waals surface area contributed by atoms with Crippen LogP contribution in [0.5, 0.6) is 0 Å². The van der Waals surface area contributed by atoms with Crippen molar-refractivity contribution < 1.29 is 0 Å². The highest BCUT2D eigenvalue weighted by atomic mass is 32.1. The Balaban J connectivity index is 1.18. The van der Waals surface area contributed by atoms with Gasteiger partial charge >= 0.3 is 0 Å². The van der Waals surface area contributed by atoms with Gasteiger partial charge in [0.05, 0.1) is 21.3 Å². The SMILES string of the molecule is c1ccc(-c2nnc(-c3cccc(-c4cc(-c5nc6ccccc6s5)cc(-c5cc6cccnc6c6ncccc56)c4)c3)n2-c2ccccc2)cc1. The van der Waals surface area contributed by atoms with Crippen molar-refractivity contribution in [3.63, 3.8) is 0 Å². The first-order chi connectivity index (χ1) is 25.8. The molecule has 244 valence electrons. The van der Waals surface area contributed by atoms with Gasteiger partial charge in [-0.2, -0.15) is 0 Å². The van der Waals surface area contributed by atoms with Gasteiger partial charge in [-0.25, -0.2) is 4.98 Å². The molecule has 0 spiro atoms. The first-order valence-electron chi connectivity index (χ1n) is 17.1. The molecule has 7 heteroatoms. The number of para-hydroxylation sites is 2. The monoisotopic (exact) mass is 684 g/mol. The fourth-order valence-corrected chi connectivity index (χ4v) is 7.94. The number of hydrogen-bond acceptors (Lipinski definition) is 6. The van der Waals surface area contributed by atoms with Gasteiger partial charge in [0.25, 0.3) is 0 Å². The summed E-state index contributed by atoms with van der Waals surface area (Å²) >= 11 is 1.71. The average Bonchev–Trinajstić information content (AvgIpc) is 3.87. The topological polar surface area (TPSA) is 69.4 Å². The summed E-state index contributed by atoms with van der Waals surface area (Å²) in [5, 5.41) is 12.6. The van der Waals surface area contributed by atoms with Crippen molar-refractivity contribution in [1.29, 1.82) is 0 Å². The molecule has 0 amide bonds. The molecule has 0 atom stereocenters. The first kappa shape index (κ1) is 30.0. The molecule has 6 nitrogen and oxygen atoms in total. The van der Waals surface area contributed by atoms with Crippen LogP contribution in [0, 0.1) is 0 Å². The molecule has 0 bridgehead atoms. The van der Waals surface area contributed by atoms with Gasteiger partial charge in [-0.05, 0) is 89.0 Å². The van der Waals surface area contributed by atoms with Crippen molar-refractivity contribution in [3.05, 3.63) is 170 Å². The van der Waals surface area contributed by atoms with Gasteiger partial charge < -0.3 is 0 Å². The van der Waals surface area contributed by atoms with E-state index in [9.17, 15) is 0 Å². The third-order valence-electron chi connectivity index (χ3n) is 9.41. The zero-order valence-electron chi connectivity index (χ0n) is 27.8. The molecule has 0 radical (unpaired) electrons. The predicted octanol–water partition coefficient (Wildman–Crippen LogP) is 11.3. The van der Waals surface area contributed by atoms with Crippen molar-refractivity contribution in [1.82, 2.24) is 29.7 Å². The molecule has 0 unspecified atom stereocenters. The number of rotatable bonds is 6. The van der Waals surface area contributed by atoms with E-state index in [-0.39, 0.29) is 0 Å². The molecule has 10 aromatic rings. The molecule has 0 fully saturated rings. The van der Waals surface area contributed by atoms with Crippen LogP contribution >= 0.6 is 11.3 Å². The summed E-state index contributed by atoms with van der Waals surface area (Å²) in [6.45, 7) is 0. The van der Waals surface area contributed by atoms with Crippen LogP contribution in [-0.2, 0) is 0 Å². The zero-order chi connectivity index (χ0) is 34.4. The lowest BCUT2D eigenvalue weighted by molar-refractivity contribution is 1.07. The molecule has 4 heterocycles. The second-order valence-electron chi connectivity index (χ2n) is 12.6. The maximum Gasteiger partial charge on any atom is 0.168 e. The van der Waals surface area contributed by atoms with E-state index in [0.29, 0.717) is 0 Å². The summed E-state index contributed by atoms with van der Waals surface area (Å²) in [4.78, 5) is 14.6. The van der Waals surface area contributed by atoms with Crippen LogP contribution < -0.4 is 0 Å². The van der Waals surface area contributed by atoms with E-state index in [1.807, 2.05) is 67.0 Å². The van der Waals surface area contributed by atoms with E-state index >= 15 is 0 Å². The smallest absolute Gasteiger partial charge is 0.168 e. The normalized spacial score (nSPS) is 11.5. The summed E-state index contributed by atoms with van der Waals surface area (Å²) in [7, 11) is 0. The van der Waals surface area contributed by atoms with E-state index in [1.165, 1.54) is 0 Å². The standard InChI is InChI=1S/C45H28N6S/c1-3-12-29(13-4-1)43-49-50-44(51(43)36-17-5-2-6-18-36)32-15-9-14-30(24-32)33-25-34(27-35(26-33)45-48-39-20-7-8-21-40(39)52-45)38-28-31-16-10-22-46-41(31)42-37(38)19-11-23-47-42/h1-28H. The van der Waals surface area contributed by atoms with Gasteiger partial charge in [0.2, 0.25) is 0 Å². The molecular weight excluding hydrogens is 657 g/mol. The van der Waals surface area contributed by atoms with Crippen LogP contribution in [0.15, 0.2) is 170 Å². The minimum atomic E-state index is 0.772. The van der Waals surface area contributed by atoms with Crippen molar-refractivity contribution in [2.75, 3.05) is 0 Å². The predicted molar refractivity (Wildman–Crippen MR) is 212 cm³/mol. The Kier molecular flexibility index (Phi) is 7.22. The van der Waals surface area contributed by atoms with E-state index in [4.69, 9.17) is 25.1 Å². The molecule has 0 N–H and O–H groups in total. The van der Waals surface area contributed by atoms with Gasteiger partial charge in [0.1, 0.15) is 5.01 Å². The Morgan fingerprint density at radius 3 is 1.96 bits per heavy atom. The number of aromatic nitrogens is 6. The van der Waals surface area contributed by atoms with Crippen LogP contribution in [0.25, 0.3) is 93.3 Å². The molecule has 0 aliphatic rings. The lowest BCUT2D eigenvalue weighted by Crippen LogP contribution is -2.00. The number of hydrogen-bond donors (Lipinski definition) is 0. The summed E-state index contributed by atoms with van der Waals surface area (Å²) in [5.74, 6) is 1.56.